The fourth-order valence-electron chi connectivity index (χ4n) is 6.84. The van der Waals surface area contributed by atoms with E-state index in [2.05, 4.69) is 79.2 Å². The highest BCUT2D eigenvalue weighted by molar-refractivity contribution is 5.85. The van der Waals surface area contributed by atoms with Gasteiger partial charge in [0.25, 0.3) is 5.82 Å². The number of amides is 1. The lowest BCUT2D eigenvalue weighted by atomic mass is 9.82. The van der Waals surface area contributed by atoms with Gasteiger partial charge >= 0.3 is 6.18 Å². The quantitative estimate of drug-likeness (QED) is 0.277. The lowest BCUT2D eigenvalue weighted by molar-refractivity contribution is -0.146. The Kier molecular flexibility index (Phi) is 11.3. The van der Waals surface area contributed by atoms with Crippen LogP contribution in [0, 0.1) is 0 Å². The second-order valence-electron chi connectivity index (χ2n) is 11.4. The van der Waals surface area contributed by atoms with E-state index in [-0.39, 0.29) is 60.5 Å². The number of benzene rings is 3. The molecule has 4 aromatic rings. The minimum Gasteiger partial charge on any atom is -0.496 e. The van der Waals surface area contributed by atoms with Crippen molar-refractivity contribution in [2.24, 2.45) is 0 Å². The zero-order chi connectivity index (χ0) is 30.8. The Morgan fingerprint density at radius 1 is 1.00 bits per heavy atom. The van der Waals surface area contributed by atoms with Gasteiger partial charge in [0, 0.05) is 62.7 Å². The van der Waals surface area contributed by atoms with E-state index >= 15 is 0 Å². The molecule has 3 aromatic carbocycles. The highest BCUT2D eigenvalue weighted by atomic mass is 35.5. The van der Waals surface area contributed by atoms with Gasteiger partial charge in [-0.2, -0.15) is 17.9 Å². The highest BCUT2D eigenvalue weighted by Crippen LogP contribution is 2.39. The molecule has 0 saturated carbocycles. The molecule has 6 rings (SSSR count). The summed E-state index contributed by atoms with van der Waals surface area (Å²) in [4.78, 5) is 17.0. The van der Waals surface area contributed by atoms with E-state index in [0.29, 0.717) is 35.6 Å². The molecule has 46 heavy (non-hydrogen) atoms. The number of hydrogen-bond acceptors (Lipinski definition) is 7. The Balaban J connectivity index is 0.00000240. The molecule has 9 nitrogen and oxygen atoms in total. The Labute approximate surface area is 277 Å². The number of hydrogen-bond donors (Lipinski definition) is 1. The van der Waals surface area contributed by atoms with Crippen molar-refractivity contribution in [2.75, 3.05) is 26.7 Å². The lowest BCUT2D eigenvalue weighted by Gasteiger charge is -2.48. The van der Waals surface area contributed by atoms with E-state index < -0.39 is 12.0 Å². The van der Waals surface area contributed by atoms with Crippen molar-refractivity contribution in [3.05, 3.63) is 101 Å². The highest BCUT2D eigenvalue weighted by Gasteiger charge is 2.46. The summed E-state index contributed by atoms with van der Waals surface area (Å²) in [6.45, 7) is 4.18. The van der Waals surface area contributed by atoms with Crippen LogP contribution in [0.1, 0.15) is 41.8 Å². The average Bonchev–Trinajstić information content (AvgIpc) is 3.67. The van der Waals surface area contributed by atoms with Gasteiger partial charge in [-0.05, 0) is 46.2 Å². The van der Waals surface area contributed by atoms with Crippen molar-refractivity contribution in [1.82, 2.24) is 35.3 Å². The van der Waals surface area contributed by atoms with E-state index in [9.17, 15) is 18.0 Å². The van der Waals surface area contributed by atoms with Gasteiger partial charge in [-0.15, -0.1) is 29.9 Å². The number of alkyl halides is 3. The van der Waals surface area contributed by atoms with Gasteiger partial charge in [0.1, 0.15) is 5.75 Å². The number of rotatable bonds is 8. The predicted molar refractivity (Wildman–Crippen MR) is 172 cm³/mol. The normalized spacial score (nSPS) is 20.0. The van der Waals surface area contributed by atoms with Crippen molar-refractivity contribution in [3.63, 3.8) is 0 Å². The van der Waals surface area contributed by atoms with Gasteiger partial charge in [-0.3, -0.25) is 14.6 Å². The molecule has 0 radical (unpaired) electrons. The van der Waals surface area contributed by atoms with Crippen LogP contribution in [0.5, 0.6) is 5.75 Å². The van der Waals surface area contributed by atoms with Crippen LogP contribution in [0.15, 0.2) is 78.9 Å². The monoisotopic (exact) mass is 677 g/mol. The van der Waals surface area contributed by atoms with Crippen molar-refractivity contribution < 1.29 is 22.7 Å². The van der Waals surface area contributed by atoms with Gasteiger partial charge in [-0.25, -0.2) is 0 Å². The third-order valence-corrected chi connectivity index (χ3v) is 8.62. The molecule has 14 heteroatoms. The number of tetrazole rings is 1. The van der Waals surface area contributed by atoms with Crippen molar-refractivity contribution in [3.8, 4) is 11.4 Å². The lowest BCUT2D eigenvalue weighted by Crippen LogP contribution is -2.61. The largest absolute Gasteiger partial charge is 0.496 e. The topological polar surface area (TPSA) is 88.4 Å². The van der Waals surface area contributed by atoms with Crippen LogP contribution in [0.2, 0.25) is 0 Å². The van der Waals surface area contributed by atoms with Crippen molar-refractivity contribution in [1.29, 1.82) is 0 Å². The Morgan fingerprint density at radius 3 is 2.24 bits per heavy atom. The van der Waals surface area contributed by atoms with Crippen LogP contribution in [0.4, 0.5) is 13.2 Å². The second-order valence-corrected chi connectivity index (χ2v) is 11.4. The standard InChI is InChI=1S/C32H34F3N7O2.2ClH/c1-21(43)36-26-15-16-41-27(26)19-40(20-28(41)30(22-9-5-3-6-10-22)23-11-7-4-8-12-23)18-24-17-25(13-14-29(24)44-2)42-31(32(33,34)35)37-38-39-42;;/h3-14,17,26-28,30H,15-16,18-20H2,1-2H3,(H,36,43);2*1H/t26-,27-,28-;;/m0../s1. The molecule has 2 aliphatic rings. The summed E-state index contributed by atoms with van der Waals surface area (Å²) in [5.41, 5.74) is 3.30. The molecule has 0 aliphatic carbocycles. The molecular weight excluding hydrogens is 642 g/mol. The molecule has 1 N–H and O–H groups in total. The maximum Gasteiger partial charge on any atom is 0.453 e. The maximum atomic E-state index is 13.6. The van der Waals surface area contributed by atoms with Gasteiger partial charge in [0.05, 0.1) is 12.8 Å². The van der Waals surface area contributed by atoms with Crippen molar-refractivity contribution in [2.45, 2.75) is 50.1 Å². The van der Waals surface area contributed by atoms with Gasteiger partial charge < -0.3 is 10.1 Å². The summed E-state index contributed by atoms with van der Waals surface area (Å²) < 4.78 is 47.2. The molecule has 0 bridgehead atoms. The fraction of sp³-hybridized carbons (Fsp3) is 0.375. The number of halogens is 5. The third-order valence-electron chi connectivity index (χ3n) is 8.62. The minimum absolute atomic E-state index is 0. The molecule has 0 spiro atoms. The van der Waals surface area contributed by atoms with E-state index in [1.807, 2.05) is 12.1 Å². The Bertz CT molecular complexity index is 1550. The van der Waals surface area contributed by atoms with Crippen LogP contribution >= 0.6 is 24.8 Å². The fourth-order valence-corrected chi connectivity index (χ4v) is 6.84. The molecule has 2 fully saturated rings. The summed E-state index contributed by atoms with van der Waals surface area (Å²) in [5, 5.41) is 13.3. The van der Waals surface area contributed by atoms with Gasteiger partial charge in [0.2, 0.25) is 5.91 Å². The van der Waals surface area contributed by atoms with E-state index in [4.69, 9.17) is 4.74 Å². The van der Waals surface area contributed by atoms with Gasteiger partial charge in [0.15, 0.2) is 0 Å². The van der Waals surface area contributed by atoms with E-state index in [0.717, 1.165) is 13.0 Å². The number of methoxy groups -OCH3 is 1. The van der Waals surface area contributed by atoms with Crippen LogP contribution < -0.4 is 10.1 Å². The molecule has 3 heterocycles. The summed E-state index contributed by atoms with van der Waals surface area (Å²) in [6, 6.07) is 25.8. The zero-order valence-electron chi connectivity index (χ0n) is 25.3. The number of fused-ring (bicyclic) bond motifs is 1. The summed E-state index contributed by atoms with van der Waals surface area (Å²) in [6.07, 6.45) is -3.87. The molecule has 246 valence electrons. The average molecular weight is 679 g/mol. The first-order valence-corrected chi connectivity index (χ1v) is 14.6. The molecule has 2 aliphatic heterocycles. The SMILES string of the molecule is COc1ccc(-n2nnnc2C(F)(F)F)cc1CN1C[C@@H](C(c2ccccc2)c2ccccc2)N2CC[C@H](NC(C)=O)[C@@H]2C1.Cl.Cl. The van der Waals surface area contributed by atoms with Crippen LogP contribution in [-0.4, -0.2) is 80.8 Å². The predicted octanol–water partition coefficient (Wildman–Crippen LogP) is 5.13. The first-order chi connectivity index (χ1) is 21.2. The number of aromatic nitrogens is 4. The Hall–Kier alpha value is -3.71. The number of nitrogens with zero attached hydrogens (tertiary/aromatic N) is 6. The van der Waals surface area contributed by atoms with E-state index in [1.54, 1.807) is 26.2 Å². The van der Waals surface area contributed by atoms with Crippen LogP contribution in [-0.2, 0) is 17.5 Å². The summed E-state index contributed by atoms with van der Waals surface area (Å²) in [5.74, 6) is -0.645. The maximum absolute atomic E-state index is 13.6. The third kappa shape index (κ3) is 7.30. The summed E-state index contributed by atoms with van der Waals surface area (Å²) >= 11 is 0. The number of nitrogens with one attached hydrogen (secondary N) is 1. The molecular formula is C32H36Cl2F3N7O2. The Morgan fingerprint density at radius 2 is 1.65 bits per heavy atom. The zero-order valence-corrected chi connectivity index (χ0v) is 26.9. The summed E-state index contributed by atoms with van der Waals surface area (Å²) in [7, 11) is 1.54. The van der Waals surface area contributed by atoms with Crippen LogP contribution in [0.3, 0.4) is 0 Å². The molecule has 3 atom stereocenters. The smallest absolute Gasteiger partial charge is 0.453 e. The first-order valence-electron chi connectivity index (χ1n) is 14.6. The number of carbonyl (C=O) groups is 1. The minimum atomic E-state index is -4.71. The second kappa shape index (κ2) is 14.8. The molecule has 1 aromatic heterocycles. The van der Waals surface area contributed by atoms with Crippen LogP contribution in [0.25, 0.3) is 5.69 Å². The van der Waals surface area contributed by atoms with E-state index in [1.165, 1.54) is 17.2 Å². The van der Waals surface area contributed by atoms with Gasteiger partial charge in [-0.1, -0.05) is 60.7 Å². The molecule has 2 saturated heterocycles. The molecule has 1 amide bonds. The molecule has 0 unspecified atom stereocenters. The number of piperazine rings is 1. The first kappa shape index (κ1) is 35.1. The number of carbonyl (C=O) groups excluding carboxylic acids is 1. The number of ether oxygens (including phenoxy) is 1. The van der Waals surface area contributed by atoms with Crippen molar-refractivity contribution >= 4 is 30.7 Å².